The summed E-state index contributed by atoms with van der Waals surface area (Å²) in [4.78, 5) is 12.6. The molecule has 1 N–H and O–H groups in total. The standard InChI is InChI=1S/C11H9BrN4OS/c1-6-3-8(18-9(6)12)11(17)14-10-7(4-13)5-16(2)15-10/h3,5H,1-2H3,(H,14,15,17). The molecule has 0 spiro atoms. The zero-order valence-corrected chi connectivity index (χ0v) is 12.1. The van der Waals surface area contributed by atoms with Crippen LogP contribution in [0.2, 0.25) is 0 Å². The van der Waals surface area contributed by atoms with Crippen molar-refractivity contribution < 1.29 is 4.79 Å². The van der Waals surface area contributed by atoms with Crippen LogP contribution in [0.1, 0.15) is 20.8 Å². The highest BCUT2D eigenvalue weighted by Gasteiger charge is 2.15. The van der Waals surface area contributed by atoms with E-state index in [1.54, 1.807) is 19.3 Å². The molecule has 2 aromatic heterocycles. The van der Waals surface area contributed by atoms with Gasteiger partial charge < -0.3 is 5.32 Å². The van der Waals surface area contributed by atoms with Gasteiger partial charge in [-0.25, -0.2) is 0 Å². The van der Waals surface area contributed by atoms with Gasteiger partial charge in [-0.1, -0.05) is 0 Å². The largest absolute Gasteiger partial charge is 0.303 e. The van der Waals surface area contributed by atoms with E-state index in [4.69, 9.17) is 5.26 Å². The molecule has 2 heterocycles. The van der Waals surface area contributed by atoms with Gasteiger partial charge in [0.15, 0.2) is 5.82 Å². The fourth-order valence-electron chi connectivity index (χ4n) is 1.40. The average molecular weight is 325 g/mol. The molecular weight excluding hydrogens is 316 g/mol. The van der Waals surface area contributed by atoms with Gasteiger partial charge in [0.05, 0.1) is 8.66 Å². The first-order chi connectivity index (χ1) is 8.51. The second-order valence-corrected chi connectivity index (χ2v) is 6.07. The molecule has 0 radical (unpaired) electrons. The molecule has 7 heteroatoms. The van der Waals surface area contributed by atoms with Crippen molar-refractivity contribution in [2.75, 3.05) is 5.32 Å². The Hall–Kier alpha value is -1.65. The molecule has 18 heavy (non-hydrogen) atoms. The summed E-state index contributed by atoms with van der Waals surface area (Å²) in [5, 5.41) is 15.6. The third-order valence-electron chi connectivity index (χ3n) is 2.26. The van der Waals surface area contributed by atoms with E-state index in [0.717, 1.165) is 9.35 Å². The number of thiophene rings is 1. The first-order valence-corrected chi connectivity index (χ1v) is 6.63. The predicted octanol–water partition coefficient (Wildman–Crippen LogP) is 2.68. The Labute approximate surface area is 116 Å². The van der Waals surface area contributed by atoms with Crippen molar-refractivity contribution in [1.29, 1.82) is 5.26 Å². The zero-order chi connectivity index (χ0) is 13.3. The maximum atomic E-state index is 12.0. The van der Waals surface area contributed by atoms with Gasteiger partial charge >= 0.3 is 0 Å². The van der Waals surface area contributed by atoms with Crippen LogP contribution in [-0.2, 0) is 7.05 Å². The molecule has 0 aliphatic heterocycles. The summed E-state index contributed by atoms with van der Waals surface area (Å²) >= 11 is 4.72. The van der Waals surface area contributed by atoms with Crippen molar-refractivity contribution in [2.45, 2.75) is 6.92 Å². The second kappa shape index (κ2) is 4.92. The highest BCUT2D eigenvalue weighted by molar-refractivity contribution is 9.11. The molecule has 0 aromatic carbocycles. The summed E-state index contributed by atoms with van der Waals surface area (Å²) in [5.41, 5.74) is 1.35. The van der Waals surface area contributed by atoms with Crippen molar-refractivity contribution in [2.24, 2.45) is 7.05 Å². The molecule has 2 rings (SSSR count). The molecule has 0 bridgehead atoms. The number of aromatic nitrogens is 2. The lowest BCUT2D eigenvalue weighted by molar-refractivity contribution is 0.103. The number of rotatable bonds is 2. The van der Waals surface area contributed by atoms with Crippen molar-refractivity contribution in [1.82, 2.24) is 9.78 Å². The Morgan fingerprint density at radius 1 is 1.67 bits per heavy atom. The van der Waals surface area contributed by atoms with Crippen LogP contribution in [0.25, 0.3) is 0 Å². The SMILES string of the molecule is Cc1cc(C(=O)Nc2nn(C)cc2C#N)sc1Br. The summed E-state index contributed by atoms with van der Waals surface area (Å²) in [6.07, 6.45) is 1.56. The van der Waals surface area contributed by atoms with E-state index >= 15 is 0 Å². The Bertz CT molecular complexity index is 633. The second-order valence-electron chi connectivity index (χ2n) is 3.70. The van der Waals surface area contributed by atoms with Gasteiger partial charge in [0.2, 0.25) is 0 Å². The average Bonchev–Trinajstić information content (AvgIpc) is 2.83. The Morgan fingerprint density at radius 2 is 2.39 bits per heavy atom. The van der Waals surface area contributed by atoms with Crippen LogP contribution >= 0.6 is 27.3 Å². The number of carbonyl (C=O) groups is 1. The van der Waals surface area contributed by atoms with Crippen LogP contribution in [0.5, 0.6) is 0 Å². The minimum atomic E-state index is -0.260. The van der Waals surface area contributed by atoms with E-state index in [2.05, 4.69) is 26.3 Å². The maximum absolute atomic E-state index is 12.0. The Morgan fingerprint density at radius 3 is 2.94 bits per heavy atom. The smallest absolute Gasteiger partial charge is 0.267 e. The van der Waals surface area contributed by atoms with Crippen LogP contribution in [-0.4, -0.2) is 15.7 Å². The topological polar surface area (TPSA) is 70.7 Å². The third-order valence-corrected chi connectivity index (χ3v) is 4.40. The van der Waals surface area contributed by atoms with Gasteiger partial charge in [-0.15, -0.1) is 11.3 Å². The van der Waals surface area contributed by atoms with Crippen molar-refractivity contribution >= 4 is 39.0 Å². The number of amides is 1. The summed E-state index contributed by atoms with van der Waals surface area (Å²) in [6, 6.07) is 3.78. The lowest BCUT2D eigenvalue weighted by atomic mass is 10.3. The number of nitrogens with zero attached hydrogens (tertiary/aromatic N) is 3. The van der Waals surface area contributed by atoms with Gasteiger partial charge in [-0.2, -0.15) is 10.4 Å². The van der Waals surface area contributed by atoms with Crippen molar-refractivity contribution in [3.8, 4) is 6.07 Å². The molecule has 0 aliphatic rings. The van der Waals surface area contributed by atoms with Gasteiger partial charge in [0.1, 0.15) is 11.6 Å². The fraction of sp³-hybridized carbons (Fsp3) is 0.182. The number of hydrogen-bond acceptors (Lipinski definition) is 4. The molecule has 0 saturated carbocycles. The Balaban J connectivity index is 2.24. The minimum Gasteiger partial charge on any atom is -0.303 e. The Kier molecular flexibility index (Phi) is 3.50. The number of aryl methyl sites for hydroxylation is 2. The van der Waals surface area contributed by atoms with Gasteiger partial charge in [0.25, 0.3) is 5.91 Å². The van der Waals surface area contributed by atoms with Crippen molar-refractivity contribution in [3.63, 3.8) is 0 Å². The summed E-state index contributed by atoms with van der Waals surface area (Å²) < 4.78 is 2.42. The van der Waals surface area contributed by atoms with Gasteiger partial charge in [-0.3, -0.25) is 9.48 Å². The predicted molar refractivity (Wildman–Crippen MR) is 72.6 cm³/mol. The van der Waals surface area contributed by atoms with Crippen LogP contribution in [0.15, 0.2) is 16.0 Å². The first-order valence-electron chi connectivity index (χ1n) is 5.02. The van der Waals surface area contributed by atoms with E-state index in [0.29, 0.717) is 10.4 Å². The number of halogens is 1. The van der Waals surface area contributed by atoms with Crippen LogP contribution in [0.4, 0.5) is 5.82 Å². The van der Waals surface area contributed by atoms with E-state index in [-0.39, 0.29) is 11.7 Å². The van der Waals surface area contributed by atoms with Crippen LogP contribution < -0.4 is 5.32 Å². The maximum Gasteiger partial charge on any atom is 0.267 e. The van der Waals surface area contributed by atoms with E-state index in [1.165, 1.54) is 16.0 Å². The van der Waals surface area contributed by atoms with E-state index in [1.807, 2.05) is 13.0 Å². The molecule has 0 saturated heterocycles. The third kappa shape index (κ3) is 2.44. The number of nitriles is 1. The van der Waals surface area contributed by atoms with Gasteiger partial charge in [-0.05, 0) is 34.5 Å². The van der Waals surface area contributed by atoms with Crippen LogP contribution in [0.3, 0.4) is 0 Å². The quantitative estimate of drug-likeness (QED) is 0.923. The number of carbonyl (C=O) groups excluding carboxylic acids is 1. The zero-order valence-electron chi connectivity index (χ0n) is 9.69. The number of nitrogens with one attached hydrogen (secondary N) is 1. The summed E-state index contributed by atoms with van der Waals surface area (Å²) in [5.74, 6) is 0.0242. The molecule has 2 aromatic rings. The normalized spacial score (nSPS) is 10.1. The molecular formula is C11H9BrN4OS. The fourth-order valence-corrected chi connectivity index (χ4v) is 2.83. The number of anilines is 1. The lowest BCUT2D eigenvalue weighted by Gasteiger charge is -1.99. The molecule has 5 nitrogen and oxygen atoms in total. The molecule has 0 aliphatic carbocycles. The highest BCUT2D eigenvalue weighted by atomic mass is 79.9. The highest BCUT2D eigenvalue weighted by Crippen LogP contribution is 2.28. The molecule has 0 atom stereocenters. The molecule has 1 amide bonds. The molecule has 0 fully saturated rings. The summed E-state index contributed by atoms with van der Waals surface area (Å²) in [6.45, 7) is 1.92. The molecule has 92 valence electrons. The van der Waals surface area contributed by atoms with Crippen LogP contribution in [0, 0.1) is 18.3 Å². The van der Waals surface area contributed by atoms with E-state index in [9.17, 15) is 4.79 Å². The monoisotopic (exact) mass is 324 g/mol. The van der Waals surface area contributed by atoms with E-state index < -0.39 is 0 Å². The minimum absolute atomic E-state index is 0.260. The summed E-state index contributed by atoms with van der Waals surface area (Å²) in [7, 11) is 1.70. The van der Waals surface area contributed by atoms with Crippen molar-refractivity contribution in [3.05, 3.63) is 32.1 Å². The molecule has 0 unspecified atom stereocenters. The first kappa shape index (κ1) is 12.8. The number of hydrogen-bond donors (Lipinski definition) is 1. The lowest BCUT2D eigenvalue weighted by Crippen LogP contribution is -2.11. The van der Waals surface area contributed by atoms with Gasteiger partial charge in [0, 0.05) is 13.2 Å².